The Kier molecular flexibility index (Phi) is 6.68. The van der Waals surface area contributed by atoms with Crippen LogP contribution in [-0.4, -0.2) is 34.9 Å². The molecule has 0 aliphatic carbocycles. The fraction of sp³-hybridized carbons (Fsp3) is 0.188. The number of nitrogens with zero attached hydrogens (tertiary/aromatic N) is 1. The Bertz CT molecular complexity index is 936. The van der Waals surface area contributed by atoms with Crippen LogP contribution < -0.4 is 23.8 Å². The van der Waals surface area contributed by atoms with E-state index in [0.29, 0.717) is 33.6 Å². The first-order valence-electron chi connectivity index (χ1n) is 7.44. The monoisotopic (exact) mass is 431 g/mol. The van der Waals surface area contributed by atoms with Crippen LogP contribution >= 0.6 is 24.4 Å². The van der Waals surface area contributed by atoms with Crippen LogP contribution in [0.3, 0.4) is 0 Å². The zero-order valence-corrected chi connectivity index (χ0v) is 17.2. The van der Waals surface area contributed by atoms with Gasteiger partial charge in [0.2, 0.25) is 10.0 Å². The number of hydrogen-bond acceptors (Lipinski definition) is 6. The number of nitrogens with one attached hydrogen (secondary N) is 2. The molecule has 27 heavy (non-hydrogen) atoms. The zero-order valence-electron chi connectivity index (χ0n) is 14.7. The van der Waals surface area contributed by atoms with Gasteiger partial charge in [0.1, 0.15) is 11.5 Å². The van der Waals surface area contributed by atoms with Crippen molar-refractivity contribution in [1.82, 2.24) is 0 Å². The molecule has 0 heterocycles. The van der Waals surface area contributed by atoms with E-state index < -0.39 is 16.1 Å². The molecular formula is C16H18ClN3O5S2. The summed E-state index contributed by atoms with van der Waals surface area (Å²) in [7, 11) is -0.466. The highest BCUT2D eigenvalue weighted by Crippen LogP contribution is 2.36. The number of benzene rings is 2. The van der Waals surface area contributed by atoms with Gasteiger partial charge in [-0.3, -0.25) is 4.72 Å². The normalized spacial score (nSPS) is 10.9. The van der Waals surface area contributed by atoms with Crippen molar-refractivity contribution in [2.24, 2.45) is 0 Å². The quantitative estimate of drug-likeness (QED) is 0.607. The van der Waals surface area contributed by atoms with Crippen LogP contribution in [0.2, 0.25) is 5.02 Å². The summed E-state index contributed by atoms with van der Waals surface area (Å²) in [4.78, 5) is 12.5. The van der Waals surface area contributed by atoms with Crippen LogP contribution in [0, 0.1) is 0 Å². The number of rotatable bonds is 6. The summed E-state index contributed by atoms with van der Waals surface area (Å²) in [6.07, 6.45) is 1.05. The van der Waals surface area contributed by atoms with Gasteiger partial charge in [-0.05, 0) is 30.3 Å². The second-order valence-corrected chi connectivity index (χ2v) is 7.91. The zero-order chi connectivity index (χ0) is 20.2. The lowest BCUT2D eigenvalue weighted by atomic mass is 10.2. The van der Waals surface area contributed by atoms with Crippen LogP contribution in [-0.2, 0) is 10.0 Å². The molecule has 0 spiro atoms. The van der Waals surface area contributed by atoms with Gasteiger partial charge >= 0.3 is 6.03 Å². The highest BCUT2D eigenvalue weighted by molar-refractivity contribution is 7.92. The Morgan fingerprint density at radius 1 is 1.11 bits per heavy atom. The third kappa shape index (κ3) is 5.59. The number of anilines is 3. The van der Waals surface area contributed by atoms with Gasteiger partial charge in [-0.2, -0.15) is 0 Å². The SMILES string of the molecule is COc1cc(OC)c(NC(=O)N(S)c2ccc(NS(C)(=O)=O)cc2)cc1Cl. The first-order chi connectivity index (χ1) is 12.6. The first kappa shape index (κ1) is 21.0. The van der Waals surface area contributed by atoms with Gasteiger partial charge in [0.25, 0.3) is 0 Å². The fourth-order valence-corrected chi connectivity index (χ4v) is 3.12. The Morgan fingerprint density at radius 3 is 2.22 bits per heavy atom. The summed E-state index contributed by atoms with van der Waals surface area (Å²) in [5.74, 6) is 0.766. The molecule has 2 aromatic rings. The minimum atomic E-state index is -3.38. The summed E-state index contributed by atoms with van der Waals surface area (Å²) in [6, 6.07) is 8.58. The third-order valence-electron chi connectivity index (χ3n) is 3.32. The average Bonchev–Trinajstić information content (AvgIpc) is 2.60. The molecule has 11 heteroatoms. The predicted molar refractivity (Wildman–Crippen MR) is 110 cm³/mol. The molecule has 146 valence electrons. The van der Waals surface area contributed by atoms with Crippen LogP contribution in [0.5, 0.6) is 11.5 Å². The standard InChI is InChI=1S/C16H18ClN3O5S2/c1-24-14-9-15(25-2)13(8-12(14)17)18-16(21)20(26)11-6-4-10(5-7-11)19-27(3,22)23/h4-9,19,26H,1-3H3,(H,18,21). The van der Waals surface area contributed by atoms with Gasteiger partial charge in [-0.25, -0.2) is 17.5 Å². The molecular weight excluding hydrogens is 414 g/mol. The third-order valence-corrected chi connectivity index (χ3v) is 4.64. The molecule has 0 atom stereocenters. The van der Waals surface area contributed by atoms with Crippen molar-refractivity contribution in [3.05, 3.63) is 41.4 Å². The van der Waals surface area contributed by atoms with Crippen molar-refractivity contribution in [2.45, 2.75) is 0 Å². The lowest BCUT2D eigenvalue weighted by molar-refractivity contribution is 0.260. The van der Waals surface area contributed by atoms with E-state index in [-0.39, 0.29) is 0 Å². The first-order valence-corrected chi connectivity index (χ1v) is 10.1. The van der Waals surface area contributed by atoms with E-state index in [0.717, 1.165) is 10.6 Å². The maximum atomic E-state index is 12.5. The van der Waals surface area contributed by atoms with Gasteiger partial charge < -0.3 is 14.8 Å². The fourth-order valence-electron chi connectivity index (χ4n) is 2.13. The maximum absolute atomic E-state index is 12.5. The van der Waals surface area contributed by atoms with Crippen molar-refractivity contribution in [3.8, 4) is 11.5 Å². The minimum absolute atomic E-state index is 0.301. The molecule has 0 fully saturated rings. The molecule has 2 rings (SSSR count). The van der Waals surface area contributed by atoms with Gasteiger partial charge in [-0.1, -0.05) is 24.4 Å². The number of ether oxygens (including phenoxy) is 2. The predicted octanol–water partition coefficient (Wildman–Crippen LogP) is 3.61. The van der Waals surface area contributed by atoms with E-state index in [1.165, 1.54) is 32.4 Å². The highest BCUT2D eigenvalue weighted by atomic mass is 35.5. The highest BCUT2D eigenvalue weighted by Gasteiger charge is 2.17. The molecule has 0 radical (unpaired) electrons. The van der Waals surface area contributed by atoms with Crippen molar-refractivity contribution >= 4 is 57.5 Å². The number of sulfonamides is 1. The van der Waals surface area contributed by atoms with Gasteiger partial charge in [0.15, 0.2) is 0 Å². The Morgan fingerprint density at radius 2 is 1.70 bits per heavy atom. The van der Waals surface area contributed by atoms with Crippen LogP contribution in [0.1, 0.15) is 0 Å². The second-order valence-electron chi connectivity index (χ2n) is 5.35. The number of hydrogen-bond donors (Lipinski definition) is 3. The molecule has 0 saturated carbocycles. The molecule has 0 unspecified atom stereocenters. The summed E-state index contributed by atoms with van der Waals surface area (Å²) in [6.45, 7) is 0. The van der Waals surface area contributed by atoms with Crippen LogP contribution in [0.15, 0.2) is 36.4 Å². The summed E-state index contributed by atoms with van der Waals surface area (Å²) >= 11 is 10.3. The van der Waals surface area contributed by atoms with Crippen LogP contribution in [0.25, 0.3) is 0 Å². The smallest absolute Gasteiger partial charge is 0.336 e. The topological polar surface area (TPSA) is 97.0 Å². The minimum Gasteiger partial charge on any atom is -0.495 e. The Labute approximate surface area is 168 Å². The van der Waals surface area contributed by atoms with Crippen molar-refractivity contribution in [3.63, 3.8) is 0 Å². The molecule has 8 nitrogen and oxygen atoms in total. The lowest BCUT2D eigenvalue weighted by Gasteiger charge is -2.19. The molecule has 2 amide bonds. The van der Waals surface area contributed by atoms with Crippen molar-refractivity contribution < 1.29 is 22.7 Å². The molecule has 0 aromatic heterocycles. The van der Waals surface area contributed by atoms with E-state index in [4.69, 9.17) is 21.1 Å². The van der Waals surface area contributed by atoms with Gasteiger partial charge in [-0.15, -0.1) is 0 Å². The molecule has 0 bridgehead atoms. The number of thiol groups is 1. The molecule has 0 saturated heterocycles. The number of methoxy groups -OCH3 is 2. The second kappa shape index (κ2) is 8.59. The Balaban J connectivity index is 2.17. The van der Waals surface area contributed by atoms with E-state index >= 15 is 0 Å². The molecule has 0 aliphatic rings. The van der Waals surface area contributed by atoms with Crippen LogP contribution in [0.4, 0.5) is 21.9 Å². The number of halogens is 1. The van der Waals surface area contributed by atoms with E-state index in [2.05, 4.69) is 22.9 Å². The number of carbonyl (C=O) groups excluding carboxylic acids is 1. The summed E-state index contributed by atoms with van der Waals surface area (Å²) < 4.78 is 36.2. The molecule has 0 aliphatic heterocycles. The largest absolute Gasteiger partial charge is 0.495 e. The molecule has 2 N–H and O–H groups in total. The number of carbonyl (C=O) groups is 1. The van der Waals surface area contributed by atoms with E-state index in [9.17, 15) is 13.2 Å². The van der Waals surface area contributed by atoms with E-state index in [1.54, 1.807) is 18.2 Å². The summed E-state index contributed by atoms with van der Waals surface area (Å²) in [5, 5.41) is 2.94. The number of urea groups is 1. The summed E-state index contributed by atoms with van der Waals surface area (Å²) in [5.41, 5.74) is 1.13. The van der Waals surface area contributed by atoms with E-state index in [1.807, 2.05) is 0 Å². The van der Waals surface area contributed by atoms with Crippen molar-refractivity contribution in [2.75, 3.05) is 34.8 Å². The maximum Gasteiger partial charge on any atom is 0.336 e. The van der Waals surface area contributed by atoms with Crippen molar-refractivity contribution in [1.29, 1.82) is 0 Å². The Hall–Kier alpha value is -2.30. The number of amides is 2. The average molecular weight is 432 g/mol. The molecule has 2 aromatic carbocycles. The lowest BCUT2D eigenvalue weighted by Crippen LogP contribution is -2.27. The van der Waals surface area contributed by atoms with Gasteiger partial charge in [0.05, 0.1) is 36.9 Å². The van der Waals surface area contributed by atoms with Gasteiger partial charge in [0, 0.05) is 11.8 Å².